The molecule has 1 saturated heterocycles. The van der Waals surface area contributed by atoms with Crippen LogP contribution in [-0.4, -0.2) is 52.9 Å². The second-order valence-electron chi connectivity index (χ2n) is 6.08. The summed E-state index contributed by atoms with van der Waals surface area (Å²) >= 11 is 3.19. The Labute approximate surface area is 137 Å². The summed E-state index contributed by atoms with van der Waals surface area (Å²) in [5.41, 5.74) is 0. The molecule has 0 aromatic rings. The monoisotopic (exact) mass is 373 g/mol. The SMILES string of the molecule is C[C@H]1C2C=CC(O2)[C@H]1C(=O)N(C=O)CCOC(=O)C(C)(C)Br. The lowest BCUT2D eigenvalue weighted by molar-refractivity contribution is -0.150. The largest absolute Gasteiger partial charge is 0.463 e. The number of halogens is 1. The molecule has 4 atom stereocenters. The highest BCUT2D eigenvalue weighted by molar-refractivity contribution is 9.10. The summed E-state index contributed by atoms with van der Waals surface area (Å²) in [6.45, 7) is 5.29. The molecular formula is C15H20BrNO5. The maximum Gasteiger partial charge on any atom is 0.322 e. The molecule has 2 heterocycles. The first-order valence-corrected chi connectivity index (χ1v) is 8.00. The molecule has 2 amide bonds. The zero-order valence-corrected chi connectivity index (χ0v) is 14.4. The van der Waals surface area contributed by atoms with Gasteiger partial charge in [-0.15, -0.1) is 0 Å². The molecule has 6 nitrogen and oxygen atoms in total. The van der Waals surface area contributed by atoms with E-state index in [1.54, 1.807) is 13.8 Å². The van der Waals surface area contributed by atoms with Crippen LogP contribution in [0.5, 0.6) is 0 Å². The maximum absolute atomic E-state index is 12.5. The van der Waals surface area contributed by atoms with Gasteiger partial charge in [-0.3, -0.25) is 19.3 Å². The van der Waals surface area contributed by atoms with Gasteiger partial charge in [0, 0.05) is 5.92 Å². The first-order valence-electron chi connectivity index (χ1n) is 7.21. The van der Waals surface area contributed by atoms with Crippen molar-refractivity contribution in [1.82, 2.24) is 4.90 Å². The molecule has 7 heteroatoms. The number of rotatable bonds is 6. The molecule has 2 bridgehead atoms. The van der Waals surface area contributed by atoms with Crippen LogP contribution in [0.4, 0.5) is 0 Å². The summed E-state index contributed by atoms with van der Waals surface area (Å²) in [4.78, 5) is 36.4. The molecule has 2 aliphatic heterocycles. The van der Waals surface area contributed by atoms with Crippen molar-refractivity contribution in [3.63, 3.8) is 0 Å². The van der Waals surface area contributed by atoms with Crippen molar-refractivity contribution < 1.29 is 23.9 Å². The first-order chi connectivity index (χ1) is 10.3. The number of ether oxygens (including phenoxy) is 2. The van der Waals surface area contributed by atoms with Crippen LogP contribution < -0.4 is 0 Å². The van der Waals surface area contributed by atoms with E-state index in [1.165, 1.54) is 0 Å². The third kappa shape index (κ3) is 3.41. The lowest BCUT2D eigenvalue weighted by Crippen LogP contribution is -2.43. The number of nitrogens with zero attached hydrogens (tertiary/aromatic N) is 1. The Morgan fingerprint density at radius 2 is 2.00 bits per heavy atom. The van der Waals surface area contributed by atoms with Gasteiger partial charge in [0.2, 0.25) is 12.3 Å². The number of esters is 1. The van der Waals surface area contributed by atoms with Crippen molar-refractivity contribution in [3.05, 3.63) is 12.2 Å². The Hall–Kier alpha value is -1.21. The van der Waals surface area contributed by atoms with Crippen LogP contribution in [-0.2, 0) is 23.9 Å². The minimum atomic E-state index is -0.791. The predicted molar refractivity (Wildman–Crippen MR) is 82.2 cm³/mol. The normalized spacial score (nSPS) is 29.5. The van der Waals surface area contributed by atoms with E-state index in [-0.39, 0.29) is 43.1 Å². The Bertz CT molecular complexity index is 499. The third-order valence-corrected chi connectivity index (χ3v) is 4.31. The molecule has 2 unspecified atom stereocenters. The van der Waals surface area contributed by atoms with Crippen molar-refractivity contribution in [2.24, 2.45) is 11.8 Å². The van der Waals surface area contributed by atoms with Gasteiger partial charge in [-0.1, -0.05) is 35.0 Å². The van der Waals surface area contributed by atoms with Crippen LogP contribution in [0.3, 0.4) is 0 Å². The predicted octanol–water partition coefficient (Wildman–Crippen LogP) is 1.28. The third-order valence-electron chi connectivity index (χ3n) is 3.99. The van der Waals surface area contributed by atoms with Crippen LogP contribution in [0, 0.1) is 11.8 Å². The van der Waals surface area contributed by atoms with Crippen LogP contribution in [0.15, 0.2) is 12.2 Å². The van der Waals surface area contributed by atoms with E-state index in [0.29, 0.717) is 6.41 Å². The average Bonchev–Trinajstić information content (AvgIpc) is 3.02. The van der Waals surface area contributed by atoms with E-state index in [2.05, 4.69) is 15.9 Å². The number of carbonyl (C=O) groups excluding carboxylic acids is 3. The van der Waals surface area contributed by atoms with Crippen molar-refractivity contribution >= 4 is 34.2 Å². The molecule has 0 saturated carbocycles. The number of carbonyl (C=O) groups is 3. The van der Waals surface area contributed by atoms with Crippen LogP contribution >= 0.6 is 15.9 Å². The molecular weight excluding hydrogens is 354 g/mol. The average molecular weight is 374 g/mol. The molecule has 0 aliphatic carbocycles. The van der Waals surface area contributed by atoms with E-state index in [4.69, 9.17) is 9.47 Å². The fourth-order valence-electron chi connectivity index (χ4n) is 2.68. The van der Waals surface area contributed by atoms with Crippen LogP contribution in [0.1, 0.15) is 20.8 Å². The number of imide groups is 1. The highest BCUT2D eigenvalue weighted by atomic mass is 79.9. The first kappa shape index (κ1) is 17.1. The topological polar surface area (TPSA) is 72.9 Å². The summed E-state index contributed by atoms with van der Waals surface area (Å²) in [7, 11) is 0. The standard InChI is InChI=1S/C15H20BrNO5/c1-9-10-4-5-11(22-10)12(9)13(19)17(8-18)6-7-21-14(20)15(2,3)16/h4-5,8-12H,6-7H2,1-3H3/t9-,10?,11?,12-/m0/s1. The van der Waals surface area contributed by atoms with Gasteiger partial charge in [-0.2, -0.15) is 0 Å². The van der Waals surface area contributed by atoms with Gasteiger partial charge in [0.05, 0.1) is 24.7 Å². The highest BCUT2D eigenvalue weighted by Gasteiger charge is 2.48. The van der Waals surface area contributed by atoms with Crippen LogP contribution in [0.2, 0.25) is 0 Å². The lowest BCUT2D eigenvalue weighted by Gasteiger charge is -2.25. The summed E-state index contributed by atoms with van der Waals surface area (Å²) < 4.78 is 9.90. The summed E-state index contributed by atoms with van der Waals surface area (Å²) in [5.74, 6) is -1.05. The molecule has 22 heavy (non-hydrogen) atoms. The number of fused-ring (bicyclic) bond motifs is 2. The number of hydrogen-bond acceptors (Lipinski definition) is 5. The molecule has 0 aromatic heterocycles. The Morgan fingerprint density at radius 1 is 1.36 bits per heavy atom. The fraction of sp³-hybridized carbons (Fsp3) is 0.667. The van der Waals surface area contributed by atoms with Gasteiger partial charge in [0.15, 0.2) is 0 Å². The number of amides is 2. The maximum atomic E-state index is 12.5. The molecule has 0 radical (unpaired) electrons. The highest BCUT2D eigenvalue weighted by Crippen LogP contribution is 2.39. The van der Waals surface area contributed by atoms with Crippen molar-refractivity contribution in [2.45, 2.75) is 37.3 Å². The molecule has 2 rings (SSSR count). The van der Waals surface area contributed by atoms with Gasteiger partial charge in [0.25, 0.3) is 0 Å². The second-order valence-corrected chi connectivity index (χ2v) is 8.06. The van der Waals surface area contributed by atoms with E-state index in [9.17, 15) is 14.4 Å². The fourth-order valence-corrected chi connectivity index (χ4v) is 2.79. The summed E-state index contributed by atoms with van der Waals surface area (Å²) in [6, 6.07) is 0. The molecule has 0 aromatic carbocycles. The Kier molecular flexibility index (Phi) is 5.07. The smallest absolute Gasteiger partial charge is 0.322 e. The quantitative estimate of drug-likeness (QED) is 0.303. The van der Waals surface area contributed by atoms with Crippen molar-refractivity contribution in [3.8, 4) is 0 Å². The van der Waals surface area contributed by atoms with Gasteiger partial charge in [0.1, 0.15) is 10.9 Å². The molecule has 0 N–H and O–H groups in total. The summed E-state index contributed by atoms with van der Waals surface area (Å²) in [6.07, 6.45) is 3.98. The second kappa shape index (κ2) is 6.50. The minimum Gasteiger partial charge on any atom is -0.463 e. The molecule has 0 spiro atoms. The van der Waals surface area contributed by atoms with Gasteiger partial charge >= 0.3 is 5.97 Å². The number of alkyl halides is 1. The zero-order chi connectivity index (χ0) is 16.5. The van der Waals surface area contributed by atoms with Crippen molar-refractivity contribution in [2.75, 3.05) is 13.2 Å². The van der Waals surface area contributed by atoms with E-state index in [1.807, 2.05) is 19.1 Å². The van der Waals surface area contributed by atoms with E-state index < -0.39 is 10.3 Å². The van der Waals surface area contributed by atoms with Gasteiger partial charge in [-0.25, -0.2) is 0 Å². The van der Waals surface area contributed by atoms with Crippen molar-refractivity contribution in [1.29, 1.82) is 0 Å². The summed E-state index contributed by atoms with van der Waals surface area (Å²) in [5, 5.41) is 0. The van der Waals surface area contributed by atoms with Gasteiger partial charge in [-0.05, 0) is 13.8 Å². The minimum absolute atomic E-state index is 0.0236. The number of hydrogen-bond donors (Lipinski definition) is 0. The Balaban J connectivity index is 1.89. The molecule has 122 valence electrons. The van der Waals surface area contributed by atoms with E-state index >= 15 is 0 Å². The Morgan fingerprint density at radius 3 is 2.50 bits per heavy atom. The molecule has 1 fully saturated rings. The van der Waals surface area contributed by atoms with Crippen LogP contribution in [0.25, 0.3) is 0 Å². The van der Waals surface area contributed by atoms with E-state index in [0.717, 1.165) is 4.90 Å². The zero-order valence-electron chi connectivity index (χ0n) is 12.8. The lowest BCUT2D eigenvalue weighted by atomic mass is 9.83. The van der Waals surface area contributed by atoms with Gasteiger partial charge < -0.3 is 9.47 Å². The molecule has 2 aliphatic rings.